The first-order chi connectivity index (χ1) is 9.22. The van der Waals surface area contributed by atoms with E-state index in [4.69, 9.17) is 5.73 Å². The molecular weight excluding hydrogens is 244 g/mol. The van der Waals surface area contributed by atoms with Crippen molar-refractivity contribution in [1.82, 2.24) is 19.8 Å². The molecule has 0 spiro atoms. The maximum atomic E-state index is 11.4. The first-order valence-electron chi connectivity index (χ1n) is 6.66. The Morgan fingerprint density at radius 1 is 1.37 bits per heavy atom. The molecule has 0 atom stereocenters. The maximum absolute atomic E-state index is 11.4. The third-order valence-electron chi connectivity index (χ3n) is 3.74. The van der Waals surface area contributed by atoms with Crippen molar-refractivity contribution in [2.24, 2.45) is 11.7 Å². The van der Waals surface area contributed by atoms with Crippen molar-refractivity contribution in [1.29, 1.82) is 0 Å². The zero-order chi connectivity index (χ0) is 13.2. The van der Waals surface area contributed by atoms with Crippen molar-refractivity contribution in [3.8, 4) is 0 Å². The summed E-state index contributed by atoms with van der Waals surface area (Å²) in [6.07, 6.45) is 4.50. The molecule has 0 amide bonds. The van der Waals surface area contributed by atoms with Gasteiger partial charge in [0.2, 0.25) is 0 Å². The second kappa shape index (κ2) is 5.00. The van der Waals surface area contributed by atoms with E-state index >= 15 is 0 Å². The first kappa shape index (κ1) is 12.2. The van der Waals surface area contributed by atoms with Crippen LogP contribution in [0.25, 0.3) is 5.65 Å². The zero-order valence-corrected chi connectivity index (χ0v) is 10.7. The molecule has 2 heterocycles. The number of anilines is 1. The molecule has 0 radical (unpaired) electrons. The van der Waals surface area contributed by atoms with Crippen LogP contribution >= 0.6 is 0 Å². The Labute approximate surface area is 110 Å². The van der Waals surface area contributed by atoms with E-state index < -0.39 is 0 Å². The van der Waals surface area contributed by atoms with E-state index in [2.05, 4.69) is 20.6 Å². The van der Waals surface area contributed by atoms with Crippen LogP contribution in [0, 0.1) is 5.92 Å². The SMILES string of the molecule is NC1CCC(CNc2ccc3n[nH]c(=O)n3n2)CC1. The standard InChI is InChI=1S/C12H18N6O/c13-9-3-1-8(2-4-9)7-14-10-5-6-11-15-16-12(19)18(11)17-10/h5-6,8-9H,1-4,7,13H2,(H,14,17)(H,16,19). The molecule has 102 valence electrons. The van der Waals surface area contributed by atoms with Crippen molar-refractivity contribution >= 4 is 11.5 Å². The predicted molar refractivity (Wildman–Crippen MR) is 72.0 cm³/mol. The van der Waals surface area contributed by atoms with Gasteiger partial charge in [0.1, 0.15) is 5.82 Å². The molecule has 1 fully saturated rings. The molecule has 1 aliphatic carbocycles. The fraction of sp³-hybridized carbons (Fsp3) is 0.583. The summed E-state index contributed by atoms with van der Waals surface area (Å²) in [5.41, 5.74) is 6.10. The van der Waals surface area contributed by atoms with E-state index in [-0.39, 0.29) is 5.69 Å². The lowest BCUT2D eigenvalue weighted by Gasteiger charge is -2.26. The molecule has 7 heteroatoms. The Morgan fingerprint density at radius 2 is 2.16 bits per heavy atom. The quantitative estimate of drug-likeness (QED) is 0.740. The van der Waals surface area contributed by atoms with Gasteiger partial charge in [0.15, 0.2) is 5.65 Å². The number of hydrogen-bond donors (Lipinski definition) is 3. The summed E-state index contributed by atoms with van der Waals surface area (Å²) in [4.78, 5) is 11.4. The lowest BCUT2D eigenvalue weighted by Crippen LogP contribution is -2.29. The van der Waals surface area contributed by atoms with Crippen molar-refractivity contribution in [3.63, 3.8) is 0 Å². The number of nitrogens with zero attached hydrogens (tertiary/aromatic N) is 3. The minimum absolute atomic E-state index is 0.317. The van der Waals surface area contributed by atoms with Crippen LogP contribution in [0.2, 0.25) is 0 Å². The van der Waals surface area contributed by atoms with Crippen LogP contribution in [0.3, 0.4) is 0 Å². The van der Waals surface area contributed by atoms with Gasteiger partial charge < -0.3 is 11.1 Å². The first-order valence-corrected chi connectivity index (χ1v) is 6.66. The van der Waals surface area contributed by atoms with Gasteiger partial charge in [-0.2, -0.15) is 9.61 Å². The number of H-pyrrole nitrogens is 1. The van der Waals surface area contributed by atoms with E-state index in [9.17, 15) is 4.79 Å². The summed E-state index contributed by atoms with van der Waals surface area (Å²) in [7, 11) is 0. The fourth-order valence-corrected chi connectivity index (χ4v) is 2.54. The van der Waals surface area contributed by atoms with Crippen LogP contribution in [0.5, 0.6) is 0 Å². The summed E-state index contributed by atoms with van der Waals surface area (Å²) in [5, 5.41) is 13.7. The third-order valence-corrected chi connectivity index (χ3v) is 3.74. The van der Waals surface area contributed by atoms with Gasteiger partial charge in [-0.3, -0.25) is 0 Å². The number of fused-ring (bicyclic) bond motifs is 1. The van der Waals surface area contributed by atoms with Crippen LogP contribution in [0.15, 0.2) is 16.9 Å². The van der Waals surface area contributed by atoms with Gasteiger partial charge in [-0.1, -0.05) is 0 Å². The summed E-state index contributed by atoms with van der Waals surface area (Å²) in [5.74, 6) is 1.34. The minimum atomic E-state index is -0.317. The number of nitrogens with two attached hydrogens (primary N) is 1. The van der Waals surface area contributed by atoms with Crippen LogP contribution in [-0.4, -0.2) is 32.4 Å². The molecule has 0 aliphatic heterocycles. The lowest BCUT2D eigenvalue weighted by atomic mass is 9.86. The highest BCUT2D eigenvalue weighted by atomic mass is 16.2. The molecule has 7 nitrogen and oxygen atoms in total. The molecule has 1 saturated carbocycles. The van der Waals surface area contributed by atoms with Crippen molar-refractivity contribution in [2.45, 2.75) is 31.7 Å². The molecule has 2 aromatic heterocycles. The van der Waals surface area contributed by atoms with Crippen LogP contribution in [-0.2, 0) is 0 Å². The zero-order valence-electron chi connectivity index (χ0n) is 10.7. The average Bonchev–Trinajstić information content (AvgIpc) is 2.80. The Kier molecular flexibility index (Phi) is 3.20. The van der Waals surface area contributed by atoms with E-state index in [1.165, 1.54) is 4.52 Å². The molecule has 0 saturated heterocycles. The van der Waals surface area contributed by atoms with Crippen molar-refractivity contribution in [2.75, 3.05) is 11.9 Å². The Balaban J connectivity index is 1.65. The van der Waals surface area contributed by atoms with Gasteiger partial charge >= 0.3 is 5.69 Å². The smallest absolute Gasteiger partial charge is 0.364 e. The predicted octanol–water partition coefficient (Wildman–Crippen LogP) is 0.347. The van der Waals surface area contributed by atoms with Gasteiger partial charge in [-0.05, 0) is 43.7 Å². The van der Waals surface area contributed by atoms with Gasteiger partial charge in [-0.15, -0.1) is 5.10 Å². The molecular formula is C12H18N6O. The number of aromatic nitrogens is 4. The molecule has 0 bridgehead atoms. The molecule has 2 aromatic rings. The van der Waals surface area contributed by atoms with Gasteiger partial charge in [0.25, 0.3) is 0 Å². The van der Waals surface area contributed by atoms with E-state index in [1.54, 1.807) is 6.07 Å². The molecule has 4 N–H and O–H groups in total. The van der Waals surface area contributed by atoms with Crippen LogP contribution in [0.4, 0.5) is 5.82 Å². The highest BCUT2D eigenvalue weighted by molar-refractivity contribution is 5.42. The summed E-state index contributed by atoms with van der Waals surface area (Å²) in [6.45, 7) is 0.873. The number of hydrogen-bond acceptors (Lipinski definition) is 5. The van der Waals surface area contributed by atoms with Gasteiger partial charge in [-0.25, -0.2) is 9.89 Å². The Hall–Kier alpha value is -1.89. The summed E-state index contributed by atoms with van der Waals surface area (Å²) in [6, 6.07) is 3.98. The second-order valence-corrected chi connectivity index (χ2v) is 5.18. The third kappa shape index (κ3) is 2.60. The Bertz CT molecular complexity index is 610. The highest BCUT2D eigenvalue weighted by Gasteiger charge is 2.18. The van der Waals surface area contributed by atoms with E-state index in [1.807, 2.05) is 6.07 Å². The van der Waals surface area contributed by atoms with Gasteiger partial charge in [0, 0.05) is 12.6 Å². The molecule has 0 aromatic carbocycles. The average molecular weight is 262 g/mol. The topological polar surface area (TPSA) is 101 Å². The summed E-state index contributed by atoms with van der Waals surface area (Å²) >= 11 is 0. The van der Waals surface area contributed by atoms with E-state index in [0.717, 1.165) is 32.2 Å². The van der Waals surface area contributed by atoms with Crippen molar-refractivity contribution < 1.29 is 0 Å². The molecule has 1 aliphatic rings. The minimum Gasteiger partial charge on any atom is -0.368 e. The monoisotopic (exact) mass is 262 g/mol. The molecule has 0 unspecified atom stereocenters. The Morgan fingerprint density at radius 3 is 2.95 bits per heavy atom. The second-order valence-electron chi connectivity index (χ2n) is 5.18. The summed E-state index contributed by atoms with van der Waals surface area (Å²) < 4.78 is 1.26. The van der Waals surface area contributed by atoms with Gasteiger partial charge in [0.05, 0.1) is 0 Å². The molecule has 3 rings (SSSR count). The number of aromatic amines is 1. The normalized spacial score (nSPS) is 23.6. The molecule has 19 heavy (non-hydrogen) atoms. The lowest BCUT2D eigenvalue weighted by molar-refractivity contribution is 0.338. The fourth-order valence-electron chi connectivity index (χ4n) is 2.54. The highest BCUT2D eigenvalue weighted by Crippen LogP contribution is 2.23. The maximum Gasteiger partial charge on any atom is 0.364 e. The van der Waals surface area contributed by atoms with Crippen LogP contribution < -0.4 is 16.7 Å². The number of nitrogens with one attached hydrogen (secondary N) is 2. The largest absolute Gasteiger partial charge is 0.368 e. The number of rotatable bonds is 3. The van der Waals surface area contributed by atoms with E-state index in [0.29, 0.717) is 23.4 Å². The van der Waals surface area contributed by atoms with Crippen molar-refractivity contribution in [3.05, 3.63) is 22.6 Å². The van der Waals surface area contributed by atoms with Crippen LogP contribution in [0.1, 0.15) is 25.7 Å².